The zero-order chi connectivity index (χ0) is 15.6. The van der Waals surface area contributed by atoms with Crippen molar-refractivity contribution in [3.8, 4) is 0 Å². The van der Waals surface area contributed by atoms with Crippen LogP contribution in [0.4, 0.5) is 5.69 Å². The molecule has 0 aliphatic heterocycles. The predicted molar refractivity (Wildman–Crippen MR) is 86.7 cm³/mol. The third kappa shape index (κ3) is 3.77. The smallest absolute Gasteiger partial charge is 0.240 e. The van der Waals surface area contributed by atoms with Crippen LogP contribution in [0.1, 0.15) is 50.2 Å². The van der Waals surface area contributed by atoms with E-state index in [9.17, 15) is 8.42 Å². The summed E-state index contributed by atoms with van der Waals surface area (Å²) in [6.07, 6.45) is 5.26. The maximum absolute atomic E-state index is 12.5. The number of benzene rings is 1. The second-order valence-corrected chi connectivity index (χ2v) is 7.92. The van der Waals surface area contributed by atoms with Crippen LogP contribution in [-0.4, -0.2) is 14.5 Å². The summed E-state index contributed by atoms with van der Waals surface area (Å²) in [6.45, 7) is 5.99. The molecule has 21 heavy (non-hydrogen) atoms. The van der Waals surface area contributed by atoms with E-state index < -0.39 is 10.0 Å². The summed E-state index contributed by atoms with van der Waals surface area (Å²) in [5, 5.41) is 0. The molecule has 0 amide bonds. The lowest BCUT2D eigenvalue weighted by molar-refractivity contribution is 0.306. The van der Waals surface area contributed by atoms with Crippen LogP contribution in [0.5, 0.6) is 0 Å². The molecule has 0 radical (unpaired) electrons. The van der Waals surface area contributed by atoms with Crippen molar-refractivity contribution in [2.75, 3.05) is 5.73 Å². The normalized spacial score (nSPS) is 23.2. The van der Waals surface area contributed by atoms with Crippen LogP contribution in [0.25, 0.3) is 0 Å². The molecule has 1 aromatic carbocycles. The number of sulfonamides is 1. The highest BCUT2D eigenvalue weighted by molar-refractivity contribution is 7.89. The van der Waals surface area contributed by atoms with E-state index >= 15 is 0 Å². The number of anilines is 1. The van der Waals surface area contributed by atoms with Gasteiger partial charge in [0, 0.05) is 11.7 Å². The number of hydrogen-bond donors (Lipinski definition) is 2. The van der Waals surface area contributed by atoms with Crippen molar-refractivity contribution in [1.82, 2.24) is 4.72 Å². The van der Waals surface area contributed by atoms with Crippen molar-refractivity contribution in [3.05, 3.63) is 23.3 Å². The summed E-state index contributed by atoms with van der Waals surface area (Å²) in [5.74, 6) is 0.753. The van der Waals surface area contributed by atoms with E-state index in [0.29, 0.717) is 5.69 Å². The first-order chi connectivity index (χ1) is 9.83. The Balaban J connectivity index is 2.12. The number of hydrogen-bond acceptors (Lipinski definition) is 3. The summed E-state index contributed by atoms with van der Waals surface area (Å²) in [4.78, 5) is 0.278. The monoisotopic (exact) mass is 310 g/mol. The molecule has 0 aromatic heterocycles. The van der Waals surface area contributed by atoms with Gasteiger partial charge >= 0.3 is 0 Å². The van der Waals surface area contributed by atoms with Gasteiger partial charge < -0.3 is 5.73 Å². The molecule has 2 rings (SSSR count). The van der Waals surface area contributed by atoms with Gasteiger partial charge in [-0.2, -0.15) is 0 Å². The van der Waals surface area contributed by atoms with Gasteiger partial charge in [0.1, 0.15) is 0 Å². The molecule has 0 saturated heterocycles. The molecule has 1 aromatic rings. The van der Waals surface area contributed by atoms with Gasteiger partial charge in [-0.15, -0.1) is 0 Å². The average molecular weight is 310 g/mol. The Labute approximate surface area is 128 Å². The first-order valence-electron chi connectivity index (χ1n) is 7.72. The van der Waals surface area contributed by atoms with Crippen LogP contribution >= 0.6 is 0 Å². The lowest BCUT2D eigenvalue weighted by Crippen LogP contribution is -2.37. The van der Waals surface area contributed by atoms with E-state index in [1.165, 1.54) is 6.42 Å². The number of nitrogens with two attached hydrogens (primary N) is 1. The fourth-order valence-corrected chi connectivity index (χ4v) is 4.41. The molecule has 1 saturated carbocycles. The van der Waals surface area contributed by atoms with Crippen LogP contribution in [0.15, 0.2) is 17.0 Å². The lowest BCUT2D eigenvalue weighted by atomic mass is 9.85. The Morgan fingerprint density at radius 1 is 1.19 bits per heavy atom. The zero-order valence-electron chi connectivity index (χ0n) is 13.1. The van der Waals surface area contributed by atoms with Crippen molar-refractivity contribution in [2.45, 2.75) is 63.8 Å². The molecule has 0 atom stereocenters. The van der Waals surface area contributed by atoms with Crippen LogP contribution in [0, 0.1) is 19.8 Å². The number of nitrogen functional groups attached to an aromatic ring is 1. The minimum Gasteiger partial charge on any atom is -0.398 e. The SMILES string of the molecule is CCC1CCC(NS(=O)(=O)c2cc(C)c(C)c(N)c2)CC1. The van der Waals surface area contributed by atoms with Gasteiger partial charge in [-0.25, -0.2) is 13.1 Å². The standard InChI is InChI=1S/C16H26N2O2S/c1-4-13-5-7-14(8-6-13)18-21(19,20)15-9-11(2)12(3)16(17)10-15/h9-10,13-14,18H,4-8,17H2,1-3H3. The third-order valence-electron chi connectivity index (χ3n) is 4.74. The Kier molecular flexibility index (Phi) is 4.94. The van der Waals surface area contributed by atoms with Gasteiger partial charge in [0.05, 0.1) is 4.90 Å². The Morgan fingerprint density at radius 3 is 2.33 bits per heavy atom. The Hall–Kier alpha value is -1.07. The molecule has 5 heteroatoms. The van der Waals surface area contributed by atoms with Gasteiger partial charge in [0.25, 0.3) is 0 Å². The summed E-state index contributed by atoms with van der Waals surface area (Å²) < 4.78 is 27.8. The molecule has 1 fully saturated rings. The number of nitrogens with one attached hydrogen (secondary N) is 1. The van der Waals surface area contributed by atoms with E-state index in [2.05, 4.69) is 11.6 Å². The van der Waals surface area contributed by atoms with Gasteiger partial charge in [-0.3, -0.25) is 0 Å². The van der Waals surface area contributed by atoms with Crippen molar-refractivity contribution in [3.63, 3.8) is 0 Å². The van der Waals surface area contributed by atoms with Crippen molar-refractivity contribution >= 4 is 15.7 Å². The summed E-state index contributed by atoms with van der Waals surface area (Å²) in [7, 11) is -3.48. The third-order valence-corrected chi connectivity index (χ3v) is 6.24. The minimum absolute atomic E-state index is 0.0561. The quantitative estimate of drug-likeness (QED) is 0.839. The molecule has 3 N–H and O–H groups in total. The maximum Gasteiger partial charge on any atom is 0.240 e. The second kappa shape index (κ2) is 6.36. The fraction of sp³-hybridized carbons (Fsp3) is 0.625. The van der Waals surface area contributed by atoms with E-state index in [1.54, 1.807) is 12.1 Å². The largest absolute Gasteiger partial charge is 0.398 e. The topological polar surface area (TPSA) is 72.2 Å². The van der Waals surface area contributed by atoms with Crippen LogP contribution < -0.4 is 10.5 Å². The highest BCUT2D eigenvalue weighted by Gasteiger charge is 2.25. The van der Waals surface area contributed by atoms with E-state index in [1.807, 2.05) is 13.8 Å². The molecular formula is C16H26N2O2S. The van der Waals surface area contributed by atoms with E-state index in [0.717, 1.165) is 42.7 Å². The Bertz CT molecular complexity index is 580. The van der Waals surface area contributed by atoms with Crippen LogP contribution in [0.3, 0.4) is 0 Å². The van der Waals surface area contributed by atoms with Gasteiger partial charge in [0.15, 0.2) is 0 Å². The summed E-state index contributed by atoms with van der Waals surface area (Å²) in [6, 6.07) is 3.31. The molecule has 0 spiro atoms. The highest BCUT2D eigenvalue weighted by atomic mass is 32.2. The summed E-state index contributed by atoms with van der Waals surface area (Å²) in [5.41, 5.74) is 8.28. The molecule has 1 aliphatic carbocycles. The van der Waals surface area contributed by atoms with E-state index in [-0.39, 0.29) is 10.9 Å². The first-order valence-corrected chi connectivity index (χ1v) is 9.21. The second-order valence-electron chi connectivity index (χ2n) is 6.20. The lowest BCUT2D eigenvalue weighted by Gasteiger charge is -2.28. The van der Waals surface area contributed by atoms with Crippen molar-refractivity contribution < 1.29 is 8.42 Å². The number of aryl methyl sites for hydroxylation is 1. The fourth-order valence-electron chi connectivity index (χ4n) is 2.98. The predicted octanol–water partition coefficient (Wildman–Crippen LogP) is 3.13. The van der Waals surface area contributed by atoms with Gasteiger partial charge in [0.2, 0.25) is 10.0 Å². The average Bonchev–Trinajstić information content (AvgIpc) is 2.44. The molecule has 0 heterocycles. The first kappa shape index (κ1) is 16.3. The minimum atomic E-state index is -3.48. The van der Waals surface area contributed by atoms with Crippen LogP contribution in [-0.2, 0) is 10.0 Å². The van der Waals surface area contributed by atoms with E-state index in [4.69, 9.17) is 5.73 Å². The maximum atomic E-state index is 12.5. The molecule has 0 unspecified atom stereocenters. The highest BCUT2D eigenvalue weighted by Crippen LogP contribution is 2.28. The molecular weight excluding hydrogens is 284 g/mol. The molecule has 118 valence electrons. The van der Waals surface area contributed by atoms with Crippen molar-refractivity contribution in [2.24, 2.45) is 5.92 Å². The van der Waals surface area contributed by atoms with Crippen LogP contribution in [0.2, 0.25) is 0 Å². The number of rotatable bonds is 4. The van der Waals surface area contributed by atoms with Crippen molar-refractivity contribution in [1.29, 1.82) is 0 Å². The zero-order valence-corrected chi connectivity index (χ0v) is 14.0. The molecule has 1 aliphatic rings. The van der Waals surface area contributed by atoms with Gasteiger partial charge in [-0.1, -0.05) is 13.3 Å². The molecule has 4 nitrogen and oxygen atoms in total. The van der Waals surface area contributed by atoms with Gasteiger partial charge in [-0.05, 0) is 68.7 Å². The Morgan fingerprint density at radius 2 is 1.81 bits per heavy atom. The summed E-state index contributed by atoms with van der Waals surface area (Å²) >= 11 is 0. The molecule has 0 bridgehead atoms.